The molecule has 2 aliphatic carbocycles. The van der Waals surface area contributed by atoms with E-state index in [1.165, 1.54) is 38.5 Å². The number of fused-ring (bicyclic) bond motifs is 1. The second-order valence-corrected chi connectivity index (χ2v) is 6.30. The van der Waals surface area contributed by atoms with Crippen LogP contribution in [0.4, 0.5) is 0 Å². The predicted octanol–water partition coefficient (Wildman–Crippen LogP) is 2.82. The minimum atomic E-state index is 0.381. The number of piperidine rings is 1. The van der Waals surface area contributed by atoms with Gasteiger partial charge in [-0.1, -0.05) is 0 Å². The predicted molar refractivity (Wildman–Crippen MR) is 63.9 cm³/mol. The minimum Gasteiger partial charge on any atom is -0.337 e. The topological polar surface area (TPSA) is 20.3 Å². The van der Waals surface area contributed by atoms with Crippen molar-refractivity contribution in [3.63, 3.8) is 0 Å². The lowest BCUT2D eigenvalue weighted by Crippen LogP contribution is -2.49. The van der Waals surface area contributed by atoms with E-state index < -0.39 is 0 Å². The molecule has 1 heterocycles. The molecule has 0 aromatic rings. The van der Waals surface area contributed by atoms with Crippen molar-refractivity contribution in [2.24, 2.45) is 17.8 Å². The monoisotopic (exact) mass is 221 g/mol. The standard InChI is InChI=1S/C14H23NO/c1-9-4-3-5-10(2)15(9)14(16)13-7-11-6-12(11)8-13/h9-13H,3-8H2,1-2H3/t9-,10+,11?,12?,13?. The van der Waals surface area contributed by atoms with Crippen LogP contribution in [0, 0.1) is 17.8 Å². The maximum Gasteiger partial charge on any atom is 0.226 e. The number of amides is 1. The molecular weight excluding hydrogens is 198 g/mol. The largest absolute Gasteiger partial charge is 0.337 e. The Balaban J connectivity index is 1.68. The second-order valence-electron chi connectivity index (χ2n) is 6.30. The van der Waals surface area contributed by atoms with Crippen molar-refractivity contribution in [2.45, 2.75) is 64.5 Å². The van der Waals surface area contributed by atoms with E-state index >= 15 is 0 Å². The molecule has 0 radical (unpaired) electrons. The molecule has 16 heavy (non-hydrogen) atoms. The van der Waals surface area contributed by atoms with Gasteiger partial charge in [-0.15, -0.1) is 0 Å². The van der Waals surface area contributed by atoms with E-state index in [0.29, 0.717) is 23.9 Å². The van der Waals surface area contributed by atoms with Crippen molar-refractivity contribution in [2.75, 3.05) is 0 Å². The maximum absolute atomic E-state index is 12.5. The highest BCUT2D eigenvalue weighted by atomic mass is 16.2. The van der Waals surface area contributed by atoms with Crippen LogP contribution in [0.25, 0.3) is 0 Å². The van der Waals surface area contributed by atoms with E-state index in [1.807, 2.05) is 0 Å². The lowest BCUT2D eigenvalue weighted by atomic mass is 9.93. The lowest BCUT2D eigenvalue weighted by Gasteiger charge is -2.40. The molecule has 3 rings (SSSR count). The molecule has 0 N–H and O–H groups in total. The van der Waals surface area contributed by atoms with Gasteiger partial charge in [0.15, 0.2) is 0 Å². The molecule has 1 aliphatic heterocycles. The van der Waals surface area contributed by atoms with Crippen molar-refractivity contribution in [3.05, 3.63) is 0 Å². The van der Waals surface area contributed by atoms with Crippen molar-refractivity contribution in [1.29, 1.82) is 0 Å². The normalized spacial score (nSPS) is 46.6. The van der Waals surface area contributed by atoms with Crippen LogP contribution >= 0.6 is 0 Å². The second kappa shape index (κ2) is 3.75. The van der Waals surface area contributed by atoms with Crippen LogP contribution in [0.5, 0.6) is 0 Å². The summed E-state index contributed by atoms with van der Waals surface area (Å²) < 4.78 is 0. The summed E-state index contributed by atoms with van der Waals surface area (Å²) in [5.74, 6) is 2.70. The van der Waals surface area contributed by atoms with Crippen molar-refractivity contribution in [1.82, 2.24) is 4.90 Å². The van der Waals surface area contributed by atoms with Gasteiger partial charge in [-0.2, -0.15) is 0 Å². The average molecular weight is 221 g/mol. The van der Waals surface area contributed by atoms with Gasteiger partial charge in [0.05, 0.1) is 0 Å². The molecule has 1 amide bonds. The molecule has 2 nitrogen and oxygen atoms in total. The number of hydrogen-bond acceptors (Lipinski definition) is 1. The Labute approximate surface area is 98.4 Å². The van der Waals surface area contributed by atoms with Crippen molar-refractivity contribution < 1.29 is 4.79 Å². The van der Waals surface area contributed by atoms with E-state index in [2.05, 4.69) is 18.7 Å². The van der Waals surface area contributed by atoms with Crippen LogP contribution in [-0.2, 0) is 4.79 Å². The first-order chi connectivity index (χ1) is 7.66. The Hall–Kier alpha value is -0.530. The van der Waals surface area contributed by atoms with Gasteiger partial charge in [-0.05, 0) is 64.2 Å². The van der Waals surface area contributed by atoms with Gasteiger partial charge in [0.1, 0.15) is 0 Å². The third-order valence-electron chi connectivity index (χ3n) is 5.04. The zero-order valence-corrected chi connectivity index (χ0v) is 10.5. The summed E-state index contributed by atoms with van der Waals surface area (Å²) in [6, 6.07) is 0.960. The van der Waals surface area contributed by atoms with Crippen LogP contribution < -0.4 is 0 Å². The van der Waals surface area contributed by atoms with Crippen LogP contribution in [0.2, 0.25) is 0 Å². The number of nitrogens with zero attached hydrogens (tertiary/aromatic N) is 1. The first-order valence-electron chi connectivity index (χ1n) is 6.99. The smallest absolute Gasteiger partial charge is 0.226 e. The Kier molecular flexibility index (Phi) is 2.49. The Morgan fingerprint density at radius 2 is 1.56 bits per heavy atom. The molecule has 0 spiro atoms. The molecule has 4 atom stereocenters. The maximum atomic E-state index is 12.5. The SMILES string of the molecule is C[C@@H]1CCC[C@H](C)N1C(=O)C1CC2CC2C1. The van der Waals surface area contributed by atoms with E-state index in [4.69, 9.17) is 0 Å². The highest BCUT2D eigenvalue weighted by molar-refractivity contribution is 5.80. The fraction of sp³-hybridized carbons (Fsp3) is 0.929. The van der Waals surface area contributed by atoms with Gasteiger partial charge in [0, 0.05) is 18.0 Å². The number of likely N-dealkylation sites (tertiary alicyclic amines) is 1. The molecule has 2 unspecified atom stereocenters. The first-order valence-corrected chi connectivity index (χ1v) is 6.99. The van der Waals surface area contributed by atoms with E-state index in [9.17, 15) is 4.79 Å². The number of rotatable bonds is 1. The lowest BCUT2D eigenvalue weighted by molar-refractivity contribution is -0.141. The highest BCUT2D eigenvalue weighted by Gasteiger charge is 2.49. The average Bonchev–Trinajstić information content (AvgIpc) is 2.85. The zero-order chi connectivity index (χ0) is 11.3. The summed E-state index contributed by atoms with van der Waals surface area (Å²) >= 11 is 0. The van der Waals surface area contributed by atoms with Gasteiger partial charge < -0.3 is 4.90 Å². The number of carbonyl (C=O) groups excluding carboxylic acids is 1. The van der Waals surface area contributed by atoms with Crippen molar-refractivity contribution in [3.8, 4) is 0 Å². The third kappa shape index (κ3) is 1.66. The van der Waals surface area contributed by atoms with E-state index in [1.54, 1.807) is 0 Å². The van der Waals surface area contributed by atoms with Gasteiger partial charge >= 0.3 is 0 Å². The number of hydrogen-bond donors (Lipinski definition) is 0. The molecule has 2 saturated carbocycles. The summed E-state index contributed by atoms with van der Waals surface area (Å²) in [5.41, 5.74) is 0. The Morgan fingerprint density at radius 1 is 1.00 bits per heavy atom. The van der Waals surface area contributed by atoms with Crippen LogP contribution in [0.1, 0.15) is 52.4 Å². The molecule has 90 valence electrons. The van der Waals surface area contributed by atoms with Gasteiger partial charge in [-0.3, -0.25) is 4.79 Å². The summed E-state index contributed by atoms with van der Waals surface area (Å²) in [4.78, 5) is 14.7. The van der Waals surface area contributed by atoms with Crippen LogP contribution in [-0.4, -0.2) is 22.9 Å². The van der Waals surface area contributed by atoms with Crippen molar-refractivity contribution >= 4 is 5.91 Å². The highest BCUT2D eigenvalue weighted by Crippen LogP contribution is 2.54. The summed E-state index contributed by atoms with van der Waals surface area (Å²) in [6.45, 7) is 4.45. The molecule has 2 heteroatoms. The molecule has 1 saturated heterocycles. The van der Waals surface area contributed by atoms with Gasteiger partial charge in [-0.25, -0.2) is 0 Å². The van der Waals surface area contributed by atoms with E-state index in [0.717, 1.165) is 11.8 Å². The van der Waals surface area contributed by atoms with Gasteiger partial charge in [0.2, 0.25) is 5.91 Å². The molecule has 3 fully saturated rings. The summed E-state index contributed by atoms with van der Waals surface area (Å²) in [6.07, 6.45) is 7.50. The Morgan fingerprint density at radius 3 is 2.12 bits per heavy atom. The molecule has 0 aromatic carbocycles. The summed E-state index contributed by atoms with van der Waals surface area (Å²) in [5, 5.41) is 0. The molecule has 0 bridgehead atoms. The fourth-order valence-electron chi connectivity index (χ4n) is 3.98. The van der Waals surface area contributed by atoms with Gasteiger partial charge in [0.25, 0.3) is 0 Å². The Bertz CT molecular complexity index is 281. The molecular formula is C14H23NO. The fourth-order valence-corrected chi connectivity index (χ4v) is 3.98. The van der Waals surface area contributed by atoms with Crippen LogP contribution in [0.15, 0.2) is 0 Å². The molecule has 3 aliphatic rings. The molecule has 0 aromatic heterocycles. The summed E-state index contributed by atoms with van der Waals surface area (Å²) in [7, 11) is 0. The van der Waals surface area contributed by atoms with Crippen LogP contribution in [0.3, 0.4) is 0 Å². The number of carbonyl (C=O) groups is 1. The quantitative estimate of drug-likeness (QED) is 0.666. The third-order valence-corrected chi connectivity index (χ3v) is 5.04. The first kappa shape index (κ1) is 10.6. The zero-order valence-electron chi connectivity index (χ0n) is 10.5. The van der Waals surface area contributed by atoms with E-state index in [-0.39, 0.29) is 0 Å². The minimum absolute atomic E-state index is 0.381.